The fourth-order valence-electron chi connectivity index (χ4n) is 2.93. The van der Waals surface area contributed by atoms with E-state index in [9.17, 15) is 4.79 Å². The van der Waals surface area contributed by atoms with Crippen LogP contribution in [0.1, 0.15) is 11.4 Å². The molecule has 27 heavy (non-hydrogen) atoms. The van der Waals surface area contributed by atoms with E-state index in [1.165, 1.54) is 11.3 Å². The summed E-state index contributed by atoms with van der Waals surface area (Å²) >= 11 is 13.6. The van der Waals surface area contributed by atoms with Crippen LogP contribution in [0.5, 0.6) is 0 Å². The van der Waals surface area contributed by atoms with Gasteiger partial charge in [-0.25, -0.2) is 4.98 Å². The van der Waals surface area contributed by atoms with Gasteiger partial charge >= 0.3 is 0 Å². The van der Waals surface area contributed by atoms with Gasteiger partial charge < -0.3 is 9.40 Å². The van der Waals surface area contributed by atoms with Crippen molar-refractivity contribution in [2.24, 2.45) is 0 Å². The smallest absolute Gasteiger partial charge is 0.260 e. The lowest BCUT2D eigenvalue weighted by Crippen LogP contribution is -2.21. The predicted molar refractivity (Wildman–Crippen MR) is 110 cm³/mol. The number of hydrogen-bond acceptors (Lipinski definition) is 5. The van der Waals surface area contributed by atoms with Crippen molar-refractivity contribution in [3.05, 3.63) is 73.8 Å². The van der Waals surface area contributed by atoms with E-state index in [0.29, 0.717) is 44.9 Å². The van der Waals surface area contributed by atoms with Crippen LogP contribution in [0.2, 0.25) is 10.0 Å². The second-order valence-electron chi connectivity index (χ2n) is 6.23. The molecule has 1 N–H and O–H groups in total. The van der Waals surface area contributed by atoms with E-state index >= 15 is 0 Å². The maximum Gasteiger partial charge on any atom is 0.260 e. The van der Waals surface area contributed by atoms with E-state index in [-0.39, 0.29) is 5.56 Å². The van der Waals surface area contributed by atoms with Gasteiger partial charge in [0, 0.05) is 27.5 Å². The van der Waals surface area contributed by atoms with E-state index in [4.69, 9.17) is 27.6 Å². The van der Waals surface area contributed by atoms with E-state index < -0.39 is 0 Å². The zero-order valence-corrected chi connectivity index (χ0v) is 16.7. The predicted octanol–water partition coefficient (Wildman–Crippen LogP) is 5.18. The van der Waals surface area contributed by atoms with Gasteiger partial charge in [-0.2, -0.15) is 0 Å². The van der Waals surface area contributed by atoms with Crippen LogP contribution in [0.4, 0.5) is 0 Å². The molecule has 0 radical (unpaired) electrons. The van der Waals surface area contributed by atoms with Gasteiger partial charge in [0.1, 0.15) is 16.4 Å². The third-order valence-electron chi connectivity index (χ3n) is 4.15. The van der Waals surface area contributed by atoms with Crippen LogP contribution < -0.4 is 5.56 Å². The number of fused-ring (bicyclic) bond motifs is 1. The van der Waals surface area contributed by atoms with Crippen molar-refractivity contribution < 1.29 is 4.42 Å². The van der Waals surface area contributed by atoms with Crippen molar-refractivity contribution >= 4 is 44.8 Å². The van der Waals surface area contributed by atoms with E-state index in [1.54, 1.807) is 18.4 Å². The highest BCUT2D eigenvalue weighted by Gasteiger charge is 2.15. The molecule has 0 fully saturated rings. The Bertz CT molecular complexity index is 1150. The Kier molecular flexibility index (Phi) is 5.06. The van der Waals surface area contributed by atoms with Crippen molar-refractivity contribution in [3.63, 3.8) is 0 Å². The second-order valence-corrected chi connectivity index (χ2v) is 7.93. The van der Waals surface area contributed by atoms with Crippen LogP contribution >= 0.6 is 34.5 Å². The summed E-state index contributed by atoms with van der Waals surface area (Å²) in [6.07, 6.45) is 1.59. The summed E-state index contributed by atoms with van der Waals surface area (Å²) in [5, 5.41) is 3.68. The van der Waals surface area contributed by atoms with Gasteiger partial charge in [-0.3, -0.25) is 9.69 Å². The fraction of sp³-hybridized carbons (Fsp3) is 0.158. The Labute approximate surface area is 169 Å². The lowest BCUT2D eigenvalue weighted by Gasteiger charge is -2.17. The molecular formula is C19H15Cl2N3O2S. The average molecular weight is 420 g/mol. The molecule has 3 aromatic heterocycles. The van der Waals surface area contributed by atoms with E-state index in [0.717, 1.165) is 11.1 Å². The topological polar surface area (TPSA) is 62.1 Å². The highest BCUT2D eigenvalue weighted by atomic mass is 35.5. The number of hydrogen-bond donors (Lipinski definition) is 1. The summed E-state index contributed by atoms with van der Waals surface area (Å²) in [7, 11) is 1.94. The Morgan fingerprint density at radius 3 is 2.85 bits per heavy atom. The normalized spacial score (nSPS) is 11.6. The molecule has 4 aromatic rings. The molecule has 8 heteroatoms. The highest BCUT2D eigenvalue weighted by molar-refractivity contribution is 7.17. The molecule has 3 heterocycles. The number of rotatable bonds is 5. The number of nitrogens with zero attached hydrogens (tertiary/aromatic N) is 2. The first kappa shape index (κ1) is 18.3. The van der Waals surface area contributed by atoms with Crippen LogP contribution in [0.25, 0.3) is 21.5 Å². The lowest BCUT2D eigenvalue weighted by atomic mass is 10.2. The van der Waals surface area contributed by atoms with Gasteiger partial charge in [-0.05, 0) is 36.9 Å². The molecule has 138 valence electrons. The summed E-state index contributed by atoms with van der Waals surface area (Å²) in [5.74, 6) is 1.27. The molecule has 0 aliphatic carbocycles. The molecule has 0 saturated heterocycles. The molecule has 0 spiro atoms. The number of aromatic nitrogens is 2. The summed E-state index contributed by atoms with van der Waals surface area (Å²) in [6.45, 7) is 1.10. The monoisotopic (exact) mass is 419 g/mol. The second kappa shape index (κ2) is 7.48. The number of halogens is 2. The summed E-state index contributed by atoms with van der Waals surface area (Å²) in [5.41, 5.74) is 1.56. The lowest BCUT2D eigenvalue weighted by molar-refractivity contribution is 0.311. The van der Waals surface area contributed by atoms with Crippen LogP contribution in [0.15, 0.2) is 51.2 Å². The van der Waals surface area contributed by atoms with Crippen LogP contribution in [0, 0.1) is 0 Å². The Morgan fingerprint density at radius 2 is 2.11 bits per heavy atom. The van der Waals surface area contributed by atoms with E-state index in [2.05, 4.69) is 9.97 Å². The highest BCUT2D eigenvalue weighted by Crippen LogP contribution is 2.31. The number of benzene rings is 1. The number of H-pyrrole nitrogens is 1. The zero-order valence-electron chi connectivity index (χ0n) is 14.3. The Balaban J connectivity index is 1.58. The van der Waals surface area contributed by atoms with Gasteiger partial charge in [0.15, 0.2) is 0 Å². The molecule has 1 aromatic carbocycles. The van der Waals surface area contributed by atoms with Gasteiger partial charge in [0.25, 0.3) is 5.56 Å². The van der Waals surface area contributed by atoms with Crippen molar-refractivity contribution in [2.45, 2.75) is 13.1 Å². The zero-order chi connectivity index (χ0) is 19.0. The first-order valence-corrected chi connectivity index (χ1v) is 9.81. The van der Waals surface area contributed by atoms with Gasteiger partial charge in [0.05, 0.1) is 18.2 Å². The third-order valence-corrected chi connectivity index (χ3v) is 5.61. The minimum Gasteiger partial charge on any atom is -0.464 e. The molecular weight excluding hydrogens is 405 g/mol. The average Bonchev–Trinajstić information content (AvgIpc) is 3.26. The summed E-state index contributed by atoms with van der Waals surface area (Å²) in [4.78, 5) is 22.8. The standard InChI is InChI=1S/C19H15Cl2N3O2S/c1-24(8-11-4-5-12(20)7-14(11)21)9-16-22-18(25)17-13(10-27-19(17)23-16)15-3-2-6-26-15/h2-7,10H,8-9H2,1H3,(H,22,23,25). The van der Waals surface area contributed by atoms with E-state index in [1.807, 2.05) is 35.5 Å². The maximum atomic E-state index is 12.6. The molecule has 0 amide bonds. The maximum absolute atomic E-state index is 12.6. The number of furan rings is 1. The summed E-state index contributed by atoms with van der Waals surface area (Å²) < 4.78 is 5.42. The minimum atomic E-state index is -0.166. The molecule has 0 saturated carbocycles. The van der Waals surface area contributed by atoms with Crippen molar-refractivity contribution in [3.8, 4) is 11.3 Å². The Morgan fingerprint density at radius 1 is 1.26 bits per heavy atom. The van der Waals surface area contributed by atoms with Gasteiger partial charge in [-0.15, -0.1) is 11.3 Å². The number of aromatic amines is 1. The van der Waals surface area contributed by atoms with Crippen LogP contribution in [-0.4, -0.2) is 21.9 Å². The molecule has 0 aliphatic heterocycles. The molecule has 0 bridgehead atoms. The van der Waals surface area contributed by atoms with Crippen LogP contribution in [0.3, 0.4) is 0 Å². The minimum absolute atomic E-state index is 0.166. The molecule has 0 atom stereocenters. The molecule has 0 aliphatic rings. The van der Waals surface area contributed by atoms with Crippen molar-refractivity contribution in [1.82, 2.24) is 14.9 Å². The van der Waals surface area contributed by atoms with Crippen molar-refractivity contribution in [2.75, 3.05) is 7.05 Å². The summed E-state index contributed by atoms with van der Waals surface area (Å²) in [6, 6.07) is 9.06. The Hall–Kier alpha value is -2.12. The van der Waals surface area contributed by atoms with Gasteiger partial charge in [0.2, 0.25) is 0 Å². The quantitative estimate of drug-likeness (QED) is 0.483. The molecule has 5 nitrogen and oxygen atoms in total. The van der Waals surface area contributed by atoms with Crippen LogP contribution in [-0.2, 0) is 13.1 Å². The largest absolute Gasteiger partial charge is 0.464 e. The molecule has 0 unspecified atom stereocenters. The fourth-order valence-corrected chi connectivity index (χ4v) is 4.35. The first-order valence-electron chi connectivity index (χ1n) is 8.18. The van der Waals surface area contributed by atoms with Crippen molar-refractivity contribution in [1.29, 1.82) is 0 Å². The number of thiophene rings is 1. The van der Waals surface area contributed by atoms with Gasteiger partial charge in [-0.1, -0.05) is 29.3 Å². The third kappa shape index (κ3) is 3.80. The SMILES string of the molecule is CN(Cc1nc2scc(-c3ccco3)c2c(=O)[nH]1)Cc1ccc(Cl)cc1Cl. The molecule has 4 rings (SSSR count). The first-order chi connectivity index (χ1) is 13.0. The number of nitrogens with one attached hydrogen (secondary N) is 1.